The van der Waals surface area contributed by atoms with Crippen LogP contribution in [0.25, 0.3) is 0 Å². The molecule has 0 heterocycles. The first kappa shape index (κ1) is 12.8. The molecule has 2 N–H and O–H groups in total. The van der Waals surface area contributed by atoms with E-state index in [4.69, 9.17) is 5.73 Å². The van der Waals surface area contributed by atoms with Crippen LogP contribution in [0.15, 0.2) is 24.3 Å². The van der Waals surface area contributed by atoms with Crippen LogP contribution < -0.4 is 10.5 Å². The SMILES string of the molecule is N[C@H](CCF)c1ccccc1OC(F)(F)F. The molecule has 90 valence electrons. The maximum Gasteiger partial charge on any atom is 0.573 e. The highest BCUT2D eigenvalue weighted by Gasteiger charge is 2.32. The highest BCUT2D eigenvalue weighted by Crippen LogP contribution is 2.30. The molecule has 0 aliphatic carbocycles. The quantitative estimate of drug-likeness (QED) is 0.817. The van der Waals surface area contributed by atoms with Crippen LogP contribution >= 0.6 is 0 Å². The van der Waals surface area contributed by atoms with Gasteiger partial charge in [0.1, 0.15) is 5.75 Å². The minimum atomic E-state index is -4.77. The molecule has 0 aromatic heterocycles. The Labute approximate surface area is 90.0 Å². The van der Waals surface area contributed by atoms with Crippen molar-refractivity contribution in [2.24, 2.45) is 5.73 Å². The Bertz CT molecular complexity index is 340. The van der Waals surface area contributed by atoms with E-state index in [0.717, 1.165) is 6.07 Å². The van der Waals surface area contributed by atoms with Crippen LogP contribution in [0.4, 0.5) is 17.6 Å². The zero-order chi connectivity index (χ0) is 12.2. The zero-order valence-corrected chi connectivity index (χ0v) is 8.30. The number of para-hydroxylation sites is 1. The monoisotopic (exact) mass is 237 g/mol. The van der Waals surface area contributed by atoms with Crippen molar-refractivity contribution in [3.8, 4) is 5.75 Å². The summed E-state index contributed by atoms with van der Waals surface area (Å²) in [5, 5.41) is 0. The third-order valence-electron chi connectivity index (χ3n) is 1.96. The van der Waals surface area contributed by atoms with Crippen molar-refractivity contribution in [2.75, 3.05) is 6.67 Å². The van der Waals surface area contributed by atoms with Crippen molar-refractivity contribution in [3.05, 3.63) is 29.8 Å². The van der Waals surface area contributed by atoms with Gasteiger partial charge in [-0.3, -0.25) is 4.39 Å². The van der Waals surface area contributed by atoms with Gasteiger partial charge in [0.05, 0.1) is 6.67 Å². The molecule has 6 heteroatoms. The van der Waals surface area contributed by atoms with Crippen molar-refractivity contribution < 1.29 is 22.3 Å². The summed E-state index contributed by atoms with van der Waals surface area (Å²) in [4.78, 5) is 0. The highest BCUT2D eigenvalue weighted by molar-refractivity contribution is 5.35. The number of hydrogen-bond acceptors (Lipinski definition) is 2. The maximum atomic E-state index is 12.1. The topological polar surface area (TPSA) is 35.2 Å². The maximum absolute atomic E-state index is 12.1. The third kappa shape index (κ3) is 3.69. The molecule has 0 saturated carbocycles. The molecular weight excluding hydrogens is 226 g/mol. The van der Waals surface area contributed by atoms with E-state index in [9.17, 15) is 17.6 Å². The second kappa shape index (κ2) is 5.16. The normalized spacial score (nSPS) is 13.6. The van der Waals surface area contributed by atoms with Crippen LogP contribution in [0.3, 0.4) is 0 Å². The first-order valence-electron chi connectivity index (χ1n) is 4.60. The second-order valence-electron chi connectivity index (χ2n) is 3.17. The van der Waals surface area contributed by atoms with Gasteiger partial charge >= 0.3 is 6.36 Å². The van der Waals surface area contributed by atoms with Gasteiger partial charge in [-0.05, 0) is 12.5 Å². The largest absolute Gasteiger partial charge is 0.573 e. The van der Waals surface area contributed by atoms with E-state index in [1.54, 1.807) is 0 Å². The first-order valence-corrected chi connectivity index (χ1v) is 4.60. The Morgan fingerprint density at radius 2 is 1.88 bits per heavy atom. The Hall–Kier alpha value is -1.30. The molecule has 0 saturated heterocycles. The fourth-order valence-corrected chi connectivity index (χ4v) is 1.28. The third-order valence-corrected chi connectivity index (χ3v) is 1.96. The van der Waals surface area contributed by atoms with Gasteiger partial charge in [-0.2, -0.15) is 0 Å². The molecule has 0 radical (unpaired) electrons. The lowest BCUT2D eigenvalue weighted by Crippen LogP contribution is -2.20. The van der Waals surface area contributed by atoms with Crippen molar-refractivity contribution in [1.29, 1.82) is 0 Å². The summed E-state index contributed by atoms with van der Waals surface area (Å²) in [6.07, 6.45) is -4.82. The fourth-order valence-electron chi connectivity index (χ4n) is 1.28. The molecule has 1 rings (SSSR count). The minimum Gasteiger partial charge on any atom is -0.405 e. The molecule has 1 aromatic rings. The number of benzene rings is 1. The van der Waals surface area contributed by atoms with Gasteiger partial charge in [0.15, 0.2) is 0 Å². The van der Waals surface area contributed by atoms with Crippen molar-refractivity contribution in [3.63, 3.8) is 0 Å². The van der Waals surface area contributed by atoms with E-state index in [-0.39, 0.29) is 17.7 Å². The van der Waals surface area contributed by atoms with Crippen molar-refractivity contribution in [2.45, 2.75) is 18.8 Å². The van der Waals surface area contributed by atoms with E-state index in [2.05, 4.69) is 4.74 Å². The van der Waals surface area contributed by atoms with Gasteiger partial charge in [-0.25, -0.2) is 0 Å². The lowest BCUT2D eigenvalue weighted by atomic mass is 10.0. The van der Waals surface area contributed by atoms with E-state index < -0.39 is 19.1 Å². The standard InChI is InChI=1S/C10H11F4NO/c11-6-5-8(15)7-3-1-2-4-9(7)16-10(12,13)14/h1-4,8H,5-6,15H2/t8-/m1/s1. The van der Waals surface area contributed by atoms with Crippen molar-refractivity contribution in [1.82, 2.24) is 0 Å². The summed E-state index contributed by atoms with van der Waals surface area (Å²) in [5.41, 5.74) is 5.69. The molecule has 1 atom stereocenters. The molecule has 0 aliphatic heterocycles. The predicted molar refractivity (Wildman–Crippen MR) is 50.6 cm³/mol. The van der Waals surface area contributed by atoms with Gasteiger partial charge in [0, 0.05) is 11.6 Å². The Kier molecular flexibility index (Phi) is 4.12. The summed E-state index contributed by atoms with van der Waals surface area (Å²) >= 11 is 0. The molecule has 0 fully saturated rings. The average molecular weight is 237 g/mol. The summed E-state index contributed by atoms with van der Waals surface area (Å²) < 4.78 is 52.0. The van der Waals surface area contributed by atoms with Crippen LogP contribution in [0.2, 0.25) is 0 Å². The molecule has 1 aromatic carbocycles. The number of halogens is 4. The van der Waals surface area contributed by atoms with E-state index in [1.807, 2.05) is 0 Å². The molecule has 16 heavy (non-hydrogen) atoms. The second-order valence-corrected chi connectivity index (χ2v) is 3.17. The Morgan fingerprint density at radius 1 is 1.25 bits per heavy atom. The summed E-state index contributed by atoms with van der Waals surface area (Å²) in [5.74, 6) is -0.379. The van der Waals surface area contributed by atoms with Crippen molar-refractivity contribution >= 4 is 0 Å². The van der Waals surface area contributed by atoms with Gasteiger partial charge in [0.25, 0.3) is 0 Å². The Balaban J connectivity index is 2.91. The average Bonchev–Trinajstić information content (AvgIpc) is 2.16. The number of alkyl halides is 4. The van der Waals surface area contributed by atoms with E-state index in [1.165, 1.54) is 18.2 Å². The molecule has 0 unspecified atom stereocenters. The molecule has 0 spiro atoms. The highest BCUT2D eigenvalue weighted by atomic mass is 19.4. The summed E-state index contributed by atoms with van der Waals surface area (Å²) in [6, 6.07) is 4.66. The number of nitrogens with two attached hydrogens (primary N) is 1. The molecule has 0 aliphatic rings. The van der Waals surface area contributed by atoms with E-state index in [0.29, 0.717) is 0 Å². The van der Waals surface area contributed by atoms with Crippen LogP contribution in [-0.2, 0) is 0 Å². The molecular formula is C10H11F4NO. The van der Waals surface area contributed by atoms with Gasteiger partial charge in [-0.1, -0.05) is 18.2 Å². The predicted octanol–water partition coefficient (Wildman–Crippen LogP) is 2.94. The van der Waals surface area contributed by atoms with E-state index >= 15 is 0 Å². The summed E-state index contributed by atoms with van der Waals surface area (Å²) in [7, 11) is 0. The molecule has 2 nitrogen and oxygen atoms in total. The first-order chi connectivity index (χ1) is 7.44. The number of ether oxygens (including phenoxy) is 1. The zero-order valence-electron chi connectivity index (χ0n) is 8.30. The fraction of sp³-hybridized carbons (Fsp3) is 0.400. The lowest BCUT2D eigenvalue weighted by Gasteiger charge is -2.16. The van der Waals surface area contributed by atoms with Gasteiger partial charge in [0.2, 0.25) is 0 Å². The smallest absolute Gasteiger partial charge is 0.405 e. The number of hydrogen-bond donors (Lipinski definition) is 1. The minimum absolute atomic E-state index is 0.0434. The molecule has 0 bridgehead atoms. The van der Waals surface area contributed by atoms with Crippen LogP contribution in [0.1, 0.15) is 18.0 Å². The lowest BCUT2D eigenvalue weighted by molar-refractivity contribution is -0.275. The van der Waals surface area contributed by atoms with Crippen LogP contribution in [-0.4, -0.2) is 13.0 Å². The Morgan fingerprint density at radius 3 is 2.44 bits per heavy atom. The number of rotatable bonds is 4. The van der Waals surface area contributed by atoms with Gasteiger partial charge in [-0.15, -0.1) is 13.2 Å². The van der Waals surface area contributed by atoms with Gasteiger partial charge < -0.3 is 10.5 Å². The summed E-state index contributed by atoms with van der Waals surface area (Å²) in [6.45, 7) is -0.693. The van der Waals surface area contributed by atoms with Crippen LogP contribution in [0.5, 0.6) is 5.75 Å². The molecule has 0 amide bonds. The van der Waals surface area contributed by atoms with Crippen LogP contribution in [0, 0.1) is 0 Å².